The smallest absolute Gasteiger partial charge is 0.426 e. The second-order valence-corrected chi connectivity index (χ2v) is 8.31. The van der Waals surface area contributed by atoms with E-state index in [0.717, 1.165) is 6.08 Å². The van der Waals surface area contributed by atoms with E-state index in [2.05, 4.69) is 4.74 Å². The number of nitrogens with zero attached hydrogens (tertiary/aromatic N) is 1. The topological polar surface area (TPSA) is 59.3 Å². The van der Waals surface area contributed by atoms with Crippen molar-refractivity contribution in [1.82, 2.24) is 0 Å². The number of hydrogen-bond acceptors (Lipinski definition) is 4. The lowest BCUT2D eigenvalue weighted by Gasteiger charge is -2.17. The van der Waals surface area contributed by atoms with Crippen LogP contribution >= 0.6 is 11.6 Å². The summed E-state index contributed by atoms with van der Waals surface area (Å²) in [6, 6.07) is 15.9. The predicted octanol–water partition coefficient (Wildman–Crippen LogP) is 6.37. The fraction of sp³-hybridized carbons (Fsp3) is 0.304. The molecule has 1 aliphatic carbocycles. The van der Waals surface area contributed by atoms with Crippen LogP contribution in [0.1, 0.15) is 19.4 Å². The number of hydrogen-bond donors (Lipinski definition) is 0. The van der Waals surface area contributed by atoms with Crippen LogP contribution in [-0.2, 0) is 16.0 Å². The van der Waals surface area contributed by atoms with E-state index in [4.69, 9.17) is 21.6 Å². The van der Waals surface area contributed by atoms with Crippen LogP contribution in [0.25, 0.3) is 0 Å². The number of allylic oxidation sites excluding steroid dienone is 2. The van der Waals surface area contributed by atoms with Crippen molar-refractivity contribution in [2.75, 3.05) is 0 Å². The van der Waals surface area contributed by atoms with Gasteiger partial charge in [0.15, 0.2) is 0 Å². The quantitative estimate of drug-likeness (QED) is 0.379. The van der Waals surface area contributed by atoms with Crippen molar-refractivity contribution < 1.29 is 27.4 Å². The zero-order valence-electron chi connectivity index (χ0n) is 16.7. The van der Waals surface area contributed by atoms with Crippen LogP contribution in [0.2, 0.25) is 0 Å². The summed E-state index contributed by atoms with van der Waals surface area (Å²) in [6.07, 6.45) is -2.50. The SMILES string of the molecule is CC1(C)C(C=C(Cl)C(F)(F)F)C1(Cc1cccc(Oc2ccccc2)c1)C(=O)OC#N. The first-order valence-electron chi connectivity index (χ1n) is 9.39. The zero-order chi connectivity index (χ0) is 22.9. The summed E-state index contributed by atoms with van der Waals surface area (Å²) in [5.74, 6) is -0.634. The molecule has 0 amide bonds. The molecule has 2 aromatic carbocycles. The van der Waals surface area contributed by atoms with Gasteiger partial charge in [-0.15, -0.1) is 5.26 Å². The highest BCUT2D eigenvalue weighted by atomic mass is 35.5. The molecule has 4 nitrogen and oxygen atoms in total. The number of rotatable bonds is 6. The summed E-state index contributed by atoms with van der Waals surface area (Å²) < 4.78 is 49.4. The molecule has 0 saturated heterocycles. The van der Waals surface area contributed by atoms with Crippen molar-refractivity contribution in [2.24, 2.45) is 16.7 Å². The molecule has 1 aliphatic rings. The van der Waals surface area contributed by atoms with Crippen molar-refractivity contribution >= 4 is 17.6 Å². The Labute approximate surface area is 182 Å². The number of para-hydroxylation sites is 1. The first kappa shape index (κ1) is 22.7. The zero-order valence-corrected chi connectivity index (χ0v) is 17.5. The minimum Gasteiger partial charge on any atom is -0.457 e. The van der Waals surface area contributed by atoms with Crippen LogP contribution in [0.3, 0.4) is 0 Å². The van der Waals surface area contributed by atoms with Crippen molar-refractivity contribution in [3.05, 3.63) is 71.3 Å². The van der Waals surface area contributed by atoms with Gasteiger partial charge >= 0.3 is 12.1 Å². The lowest BCUT2D eigenvalue weighted by Crippen LogP contribution is -2.26. The molecule has 0 spiro atoms. The van der Waals surface area contributed by atoms with E-state index in [1.165, 1.54) is 6.26 Å². The highest BCUT2D eigenvalue weighted by molar-refractivity contribution is 6.30. The summed E-state index contributed by atoms with van der Waals surface area (Å²) >= 11 is 5.45. The maximum Gasteiger partial charge on any atom is 0.426 e. The van der Waals surface area contributed by atoms with Crippen LogP contribution in [0.4, 0.5) is 13.2 Å². The first-order valence-corrected chi connectivity index (χ1v) is 9.77. The maximum atomic E-state index is 13.0. The standard InChI is InChI=1S/C23H19ClF3NO3/c1-21(2)18(12-19(24)23(25,26)27)22(21,20(29)30-14-28)13-15-7-6-10-17(11-15)31-16-8-4-3-5-9-16/h3-12,18H,13H2,1-2H3. The number of carbonyl (C=O) groups excluding carboxylic acids is 1. The second-order valence-electron chi connectivity index (χ2n) is 7.90. The van der Waals surface area contributed by atoms with Gasteiger partial charge in [-0.3, -0.25) is 4.79 Å². The molecule has 2 unspecified atom stereocenters. The molecule has 31 heavy (non-hydrogen) atoms. The van der Waals surface area contributed by atoms with Crippen molar-refractivity contribution in [3.8, 4) is 17.8 Å². The van der Waals surface area contributed by atoms with E-state index in [1.807, 2.05) is 18.2 Å². The minimum absolute atomic E-state index is 0.0513. The molecule has 1 saturated carbocycles. The Balaban J connectivity index is 1.94. The molecule has 0 bridgehead atoms. The van der Waals surface area contributed by atoms with E-state index in [9.17, 15) is 18.0 Å². The summed E-state index contributed by atoms with van der Waals surface area (Å²) in [7, 11) is 0. The van der Waals surface area contributed by atoms with Crippen LogP contribution in [0.5, 0.6) is 11.5 Å². The summed E-state index contributed by atoms with van der Waals surface area (Å²) in [6.45, 7) is 3.30. The molecule has 162 valence electrons. The Bertz CT molecular complexity index is 1040. The Hall–Kier alpha value is -2.98. The van der Waals surface area contributed by atoms with Gasteiger partial charge in [-0.05, 0) is 41.7 Å². The molecule has 0 aliphatic heterocycles. The molecule has 0 N–H and O–H groups in total. The lowest BCUT2D eigenvalue weighted by atomic mass is 9.88. The van der Waals surface area contributed by atoms with Gasteiger partial charge in [-0.2, -0.15) is 13.2 Å². The van der Waals surface area contributed by atoms with E-state index < -0.39 is 33.9 Å². The number of alkyl halides is 3. The van der Waals surface area contributed by atoms with Crippen molar-refractivity contribution in [3.63, 3.8) is 0 Å². The molecular formula is C23H19ClF3NO3. The Kier molecular flexibility index (Phi) is 6.06. The number of benzene rings is 2. The molecular weight excluding hydrogens is 431 g/mol. The van der Waals surface area contributed by atoms with Crippen molar-refractivity contribution in [2.45, 2.75) is 26.4 Å². The van der Waals surface area contributed by atoms with E-state index in [0.29, 0.717) is 17.1 Å². The third-order valence-corrected chi connectivity index (χ3v) is 6.16. The fourth-order valence-electron chi connectivity index (χ4n) is 4.08. The fourth-order valence-corrected chi connectivity index (χ4v) is 4.21. The van der Waals surface area contributed by atoms with Crippen LogP contribution in [0, 0.1) is 28.3 Å². The lowest BCUT2D eigenvalue weighted by molar-refractivity contribution is -0.145. The van der Waals surface area contributed by atoms with Gasteiger partial charge in [0.1, 0.15) is 16.5 Å². The summed E-state index contributed by atoms with van der Waals surface area (Å²) in [4.78, 5) is 12.7. The maximum absolute atomic E-state index is 13.0. The predicted molar refractivity (Wildman–Crippen MR) is 108 cm³/mol. The van der Waals surface area contributed by atoms with E-state index >= 15 is 0 Å². The van der Waals surface area contributed by atoms with Gasteiger partial charge < -0.3 is 9.47 Å². The Morgan fingerprint density at radius 1 is 1.16 bits per heavy atom. The Morgan fingerprint density at radius 3 is 2.42 bits per heavy atom. The van der Waals surface area contributed by atoms with Gasteiger partial charge in [-0.1, -0.05) is 61.9 Å². The number of ether oxygens (including phenoxy) is 2. The van der Waals surface area contributed by atoms with Gasteiger partial charge in [0, 0.05) is 5.92 Å². The van der Waals surface area contributed by atoms with Crippen molar-refractivity contribution in [1.29, 1.82) is 5.26 Å². The van der Waals surface area contributed by atoms with E-state index in [1.54, 1.807) is 50.2 Å². The minimum atomic E-state index is -4.73. The van der Waals surface area contributed by atoms with Gasteiger partial charge in [-0.25, -0.2) is 0 Å². The van der Waals surface area contributed by atoms with Gasteiger partial charge in [0.25, 0.3) is 6.26 Å². The molecule has 1 fully saturated rings. The third kappa shape index (κ3) is 4.40. The van der Waals surface area contributed by atoms with Gasteiger partial charge in [0.2, 0.25) is 0 Å². The molecule has 2 atom stereocenters. The summed E-state index contributed by atoms with van der Waals surface area (Å²) in [5, 5.41) is 7.53. The average Bonchev–Trinajstić information content (AvgIpc) is 3.16. The highest BCUT2D eigenvalue weighted by Crippen LogP contribution is 2.72. The molecule has 8 heteroatoms. The molecule has 0 aromatic heterocycles. The van der Waals surface area contributed by atoms with E-state index in [-0.39, 0.29) is 6.42 Å². The van der Waals surface area contributed by atoms with Crippen LogP contribution in [0.15, 0.2) is 65.7 Å². The number of carbonyl (C=O) groups is 1. The third-order valence-electron chi connectivity index (χ3n) is 5.82. The molecule has 3 rings (SSSR count). The largest absolute Gasteiger partial charge is 0.457 e. The normalized spacial score (nSPS) is 22.4. The second kappa shape index (κ2) is 8.27. The number of nitriles is 1. The average molecular weight is 450 g/mol. The monoisotopic (exact) mass is 449 g/mol. The van der Waals surface area contributed by atoms with Crippen LogP contribution in [-0.4, -0.2) is 12.1 Å². The molecule has 0 radical (unpaired) electrons. The first-order chi connectivity index (χ1) is 14.5. The highest BCUT2D eigenvalue weighted by Gasteiger charge is 2.75. The Morgan fingerprint density at radius 2 is 1.81 bits per heavy atom. The number of esters is 1. The van der Waals surface area contributed by atoms with Gasteiger partial charge in [0.05, 0.1) is 5.41 Å². The molecule has 2 aromatic rings. The summed E-state index contributed by atoms with van der Waals surface area (Å²) in [5.41, 5.74) is -1.64. The number of halogens is 4. The molecule has 0 heterocycles. The van der Waals surface area contributed by atoms with Crippen LogP contribution < -0.4 is 4.74 Å².